The molecule has 0 unspecified atom stereocenters. The Kier molecular flexibility index (Phi) is 4.45. The van der Waals surface area contributed by atoms with Crippen molar-refractivity contribution in [3.8, 4) is 0 Å². The zero-order valence-corrected chi connectivity index (χ0v) is 14.0. The van der Waals surface area contributed by atoms with Crippen LogP contribution in [0.4, 0.5) is 32.0 Å². The number of fused-ring (bicyclic) bond motifs is 1. The van der Waals surface area contributed by atoms with Crippen molar-refractivity contribution >= 4 is 22.0 Å². The highest BCUT2D eigenvalue weighted by Gasteiger charge is 2.35. The van der Waals surface area contributed by atoms with Crippen molar-refractivity contribution in [3.05, 3.63) is 59.2 Å². The normalized spacial score (nSPS) is 16.3. The van der Waals surface area contributed by atoms with Crippen LogP contribution in [0.2, 0.25) is 0 Å². The van der Waals surface area contributed by atoms with E-state index in [4.69, 9.17) is 0 Å². The van der Waals surface area contributed by atoms with Crippen LogP contribution in [-0.2, 0) is 28.9 Å². The molecular weight excluding hydrogens is 398 g/mol. The number of benzene rings is 2. The van der Waals surface area contributed by atoms with Crippen LogP contribution in [0.3, 0.4) is 0 Å². The number of anilines is 1. The number of hydrogen-bond donors (Lipinski definition) is 0. The maximum Gasteiger partial charge on any atom is 0.416 e. The second-order valence-corrected chi connectivity index (χ2v) is 7.30. The van der Waals surface area contributed by atoms with Crippen molar-refractivity contribution in [1.82, 2.24) is 0 Å². The lowest BCUT2D eigenvalue weighted by Crippen LogP contribution is -2.27. The molecule has 0 aliphatic carbocycles. The van der Waals surface area contributed by atoms with Gasteiger partial charge in [0.15, 0.2) is 0 Å². The Labute approximate surface area is 149 Å². The fourth-order valence-corrected chi connectivity index (χ4v) is 3.57. The molecule has 1 aliphatic rings. The molecule has 0 N–H and O–H groups in total. The van der Waals surface area contributed by atoms with Crippen LogP contribution in [-0.4, -0.2) is 14.8 Å². The molecule has 4 nitrogen and oxygen atoms in total. The summed E-state index contributed by atoms with van der Waals surface area (Å²) in [6.45, 7) is -0.294. The van der Waals surface area contributed by atoms with E-state index in [0.717, 1.165) is 35.5 Å². The van der Waals surface area contributed by atoms with Gasteiger partial charge in [-0.2, -0.15) is 34.8 Å². The van der Waals surface area contributed by atoms with Gasteiger partial charge in [-0.1, -0.05) is 12.1 Å². The van der Waals surface area contributed by atoms with Crippen LogP contribution in [0.25, 0.3) is 0 Å². The minimum absolute atomic E-state index is 0.124. The van der Waals surface area contributed by atoms with Crippen molar-refractivity contribution in [2.45, 2.75) is 23.8 Å². The molecule has 27 heavy (non-hydrogen) atoms. The number of sulfonamides is 1. The first-order valence-electron chi connectivity index (χ1n) is 7.32. The molecule has 0 amide bonds. The number of halogens is 6. The highest BCUT2D eigenvalue weighted by atomic mass is 32.2. The summed E-state index contributed by atoms with van der Waals surface area (Å²) < 4.78 is 105. The average Bonchev–Trinajstić information content (AvgIpc) is 2.56. The van der Waals surface area contributed by atoms with Gasteiger partial charge in [0.2, 0.25) is 0 Å². The quantitative estimate of drug-likeness (QED) is 0.690. The number of rotatable bonds is 2. The van der Waals surface area contributed by atoms with Crippen molar-refractivity contribution in [2.24, 2.45) is 4.40 Å². The second-order valence-electron chi connectivity index (χ2n) is 5.70. The fraction of sp³-hybridized carbons (Fsp3) is 0.188. The van der Waals surface area contributed by atoms with Gasteiger partial charge >= 0.3 is 12.4 Å². The van der Waals surface area contributed by atoms with E-state index in [1.54, 1.807) is 0 Å². The van der Waals surface area contributed by atoms with Gasteiger partial charge in [0, 0.05) is 6.54 Å². The Morgan fingerprint density at radius 1 is 0.889 bits per heavy atom. The van der Waals surface area contributed by atoms with Crippen molar-refractivity contribution in [2.75, 3.05) is 4.90 Å². The molecule has 3 rings (SSSR count). The first-order chi connectivity index (χ1) is 12.4. The van der Waals surface area contributed by atoms with E-state index < -0.39 is 38.4 Å². The Bertz CT molecular complexity index is 1010. The molecule has 0 aromatic heterocycles. The summed E-state index contributed by atoms with van der Waals surface area (Å²) in [5, 5.41) is 0. The summed E-state index contributed by atoms with van der Waals surface area (Å²) in [4.78, 5) is 0.603. The third-order valence-corrected chi connectivity index (χ3v) is 5.08. The molecule has 1 aliphatic heterocycles. The van der Waals surface area contributed by atoms with Gasteiger partial charge in [0.25, 0.3) is 10.0 Å². The van der Waals surface area contributed by atoms with Crippen LogP contribution in [0.5, 0.6) is 0 Å². The van der Waals surface area contributed by atoms with Gasteiger partial charge in [-0.05, 0) is 35.9 Å². The molecule has 0 spiro atoms. The first kappa shape index (κ1) is 19.2. The monoisotopic (exact) mass is 408 g/mol. The maximum absolute atomic E-state index is 13.0. The zero-order valence-electron chi connectivity index (χ0n) is 13.2. The smallest absolute Gasteiger partial charge is 0.326 e. The topological polar surface area (TPSA) is 49.7 Å². The Hall–Kier alpha value is -2.56. The average molecular weight is 408 g/mol. The highest BCUT2D eigenvalue weighted by molar-refractivity contribution is 7.90. The summed E-state index contributed by atoms with van der Waals surface area (Å²) in [6, 6.07) is 6.22. The summed E-state index contributed by atoms with van der Waals surface area (Å²) in [5.74, 6) is 0. The molecule has 0 saturated heterocycles. The van der Waals surface area contributed by atoms with E-state index in [-0.39, 0.29) is 17.8 Å². The van der Waals surface area contributed by atoms with E-state index in [1.165, 1.54) is 6.07 Å². The molecule has 0 saturated carbocycles. The highest BCUT2D eigenvalue weighted by Crippen LogP contribution is 2.37. The molecule has 11 heteroatoms. The van der Waals surface area contributed by atoms with Crippen LogP contribution >= 0.6 is 0 Å². The Morgan fingerprint density at radius 2 is 1.52 bits per heavy atom. The van der Waals surface area contributed by atoms with Crippen LogP contribution in [0.15, 0.2) is 51.8 Å². The largest absolute Gasteiger partial charge is 0.416 e. The molecule has 0 bridgehead atoms. The standard InChI is InChI=1S/C16H10F6N2O2S/c17-15(18,19)11-3-1-2-10(6-11)8-24-9-23-27(25,26)14-5-4-12(7-13(14)24)16(20,21)22/h1-7,9H,8H2. The van der Waals surface area contributed by atoms with Gasteiger partial charge in [0.1, 0.15) is 11.2 Å². The minimum atomic E-state index is -4.71. The lowest BCUT2D eigenvalue weighted by atomic mass is 10.1. The third kappa shape index (κ3) is 3.92. The Morgan fingerprint density at radius 3 is 2.15 bits per heavy atom. The summed E-state index contributed by atoms with van der Waals surface area (Å²) >= 11 is 0. The Balaban J connectivity index is 2.04. The van der Waals surface area contributed by atoms with Crippen LogP contribution in [0, 0.1) is 0 Å². The molecule has 0 atom stereocenters. The molecule has 0 radical (unpaired) electrons. The first-order valence-corrected chi connectivity index (χ1v) is 8.76. The molecule has 144 valence electrons. The van der Waals surface area contributed by atoms with E-state index in [9.17, 15) is 34.8 Å². The summed E-state index contributed by atoms with van der Waals surface area (Å²) in [5.41, 5.74) is -2.19. The fourth-order valence-electron chi connectivity index (χ4n) is 2.54. The molecule has 2 aromatic rings. The van der Waals surface area contributed by atoms with Gasteiger partial charge in [-0.25, -0.2) is 0 Å². The van der Waals surface area contributed by atoms with Crippen LogP contribution in [0.1, 0.15) is 16.7 Å². The van der Waals surface area contributed by atoms with Gasteiger partial charge in [-0.3, -0.25) is 0 Å². The number of nitrogens with zero attached hydrogens (tertiary/aromatic N) is 2. The van der Waals surface area contributed by atoms with Crippen molar-refractivity contribution in [1.29, 1.82) is 0 Å². The van der Waals surface area contributed by atoms with E-state index in [1.807, 2.05) is 0 Å². The summed E-state index contributed by atoms with van der Waals surface area (Å²) in [6.07, 6.45) is -8.51. The number of hydrogen-bond acceptors (Lipinski definition) is 3. The molecule has 2 aromatic carbocycles. The van der Waals surface area contributed by atoms with Gasteiger partial charge in [-0.15, -0.1) is 4.40 Å². The van der Waals surface area contributed by atoms with E-state index >= 15 is 0 Å². The van der Waals surface area contributed by atoms with Crippen molar-refractivity contribution < 1.29 is 34.8 Å². The lowest BCUT2D eigenvalue weighted by Gasteiger charge is -2.26. The van der Waals surface area contributed by atoms with Gasteiger partial charge in [0.05, 0.1) is 16.8 Å². The zero-order chi connectivity index (χ0) is 20.0. The SMILES string of the molecule is O=S1(=O)N=CN(Cc2cccc(C(F)(F)F)c2)c2cc(C(F)(F)F)ccc21. The molecule has 0 fully saturated rings. The van der Waals surface area contributed by atoms with Crippen molar-refractivity contribution in [3.63, 3.8) is 0 Å². The predicted octanol–water partition coefficient (Wildman–Crippen LogP) is 4.46. The number of alkyl halides is 6. The third-order valence-electron chi connectivity index (χ3n) is 3.81. The predicted molar refractivity (Wildman–Crippen MR) is 84.7 cm³/mol. The lowest BCUT2D eigenvalue weighted by molar-refractivity contribution is -0.138. The van der Waals surface area contributed by atoms with Gasteiger partial charge < -0.3 is 4.90 Å². The van der Waals surface area contributed by atoms with Crippen LogP contribution < -0.4 is 4.90 Å². The molecule has 1 heterocycles. The second kappa shape index (κ2) is 6.25. The minimum Gasteiger partial charge on any atom is -0.326 e. The maximum atomic E-state index is 13.0. The van der Waals surface area contributed by atoms with E-state index in [0.29, 0.717) is 12.1 Å². The van der Waals surface area contributed by atoms with E-state index in [2.05, 4.69) is 4.40 Å². The summed E-state index contributed by atoms with van der Waals surface area (Å²) in [7, 11) is -4.18. The molecular formula is C16H10F6N2O2S.